The lowest BCUT2D eigenvalue weighted by molar-refractivity contribution is 0.00550. The highest BCUT2D eigenvalue weighted by Crippen LogP contribution is 2.09. The van der Waals surface area contributed by atoms with E-state index < -0.39 is 0 Å². The highest BCUT2D eigenvalue weighted by molar-refractivity contribution is 5.70. The molecule has 0 bridgehead atoms. The molecule has 2 saturated heterocycles. The van der Waals surface area contributed by atoms with Crippen molar-refractivity contribution < 1.29 is 19.1 Å². The molecule has 7 nitrogen and oxygen atoms in total. The summed E-state index contributed by atoms with van der Waals surface area (Å²) in [4.78, 5) is 26.5. The second kappa shape index (κ2) is 6.42. The molecule has 0 radical (unpaired) electrons. The number of rotatable bonds is 3. The van der Waals surface area contributed by atoms with Crippen LogP contribution in [0, 0.1) is 0 Å². The molecule has 2 aliphatic heterocycles. The van der Waals surface area contributed by atoms with Crippen molar-refractivity contribution in [1.29, 1.82) is 0 Å². The van der Waals surface area contributed by atoms with Crippen LogP contribution >= 0.6 is 0 Å². The Morgan fingerprint density at radius 1 is 1.21 bits per heavy atom. The number of nitrogens with zero attached hydrogens (tertiary/aromatic N) is 2. The Balaban J connectivity index is 1.70. The molecule has 2 aliphatic rings. The van der Waals surface area contributed by atoms with Gasteiger partial charge in [-0.3, -0.25) is 5.32 Å². The maximum Gasteiger partial charge on any atom is 0.411 e. The fraction of sp³-hybridized carbons (Fsp3) is 0.667. The van der Waals surface area contributed by atoms with Crippen molar-refractivity contribution in [2.75, 3.05) is 39.3 Å². The molecule has 2 heterocycles. The maximum atomic E-state index is 11.8. The zero-order valence-corrected chi connectivity index (χ0v) is 10.8. The van der Waals surface area contributed by atoms with Crippen LogP contribution in [0.1, 0.15) is 6.42 Å². The van der Waals surface area contributed by atoms with Crippen LogP contribution in [0.4, 0.5) is 9.59 Å². The van der Waals surface area contributed by atoms with Gasteiger partial charge in [-0.2, -0.15) is 0 Å². The maximum absolute atomic E-state index is 11.8. The lowest BCUT2D eigenvalue weighted by Gasteiger charge is -2.35. The van der Waals surface area contributed by atoms with Crippen molar-refractivity contribution >= 4 is 12.2 Å². The van der Waals surface area contributed by atoms with Crippen LogP contribution in [0.5, 0.6) is 0 Å². The van der Waals surface area contributed by atoms with E-state index in [2.05, 4.69) is 11.9 Å². The van der Waals surface area contributed by atoms with Gasteiger partial charge in [0.1, 0.15) is 6.61 Å². The molecule has 0 aromatic carbocycles. The molecule has 1 atom stereocenters. The van der Waals surface area contributed by atoms with Gasteiger partial charge in [-0.05, 0) is 0 Å². The number of piperazine rings is 1. The minimum absolute atomic E-state index is 0.150. The smallest absolute Gasteiger partial charge is 0.411 e. The van der Waals surface area contributed by atoms with Gasteiger partial charge in [-0.1, -0.05) is 12.7 Å². The third-order valence-electron chi connectivity index (χ3n) is 3.14. The average molecular weight is 269 g/mol. The summed E-state index contributed by atoms with van der Waals surface area (Å²) >= 11 is 0. The summed E-state index contributed by atoms with van der Waals surface area (Å²) in [5.74, 6) is 0. The lowest BCUT2D eigenvalue weighted by atomic mass is 10.2. The van der Waals surface area contributed by atoms with Crippen LogP contribution in [-0.2, 0) is 9.47 Å². The minimum Gasteiger partial charge on any atom is -0.445 e. The molecular weight excluding hydrogens is 250 g/mol. The highest BCUT2D eigenvalue weighted by Gasteiger charge is 2.28. The molecule has 19 heavy (non-hydrogen) atoms. The molecule has 2 amide bonds. The topological polar surface area (TPSA) is 71.1 Å². The number of ether oxygens (including phenoxy) is 2. The van der Waals surface area contributed by atoms with E-state index in [0.29, 0.717) is 26.2 Å². The molecule has 1 N–H and O–H groups in total. The van der Waals surface area contributed by atoms with Gasteiger partial charge in [0.25, 0.3) is 0 Å². The summed E-state index contributed by atoms with van der Waals surface area (Å²) in [5.41, 5.74) is 0. The van der Waals surface area contributed by atoms with Gasteiger partial charge >= 0.3 is 12.2 Å². The molecule has 0 aromatic heterocycles. The molecule has 2 rings (SSSR count). The lowest BCUT2D eigenvalue weighted by Crippen LogP contribution is -2.53. The zero-order chi connectivity index (χ0) is 13.7. The number of nitrogens with one attached hydrogen (secondary N) is 1. The fourth-order valence-electron chi connectivity index (χ4n) is 1.85. The van der Waals surface area contributed by atoms with E-state index in [1.165, 1.54) is 6.08 Å². The first-order valence-corrected chi connectivity index (χ1v) is 6.42. The fourth-order valence-corrected chi connectivity index (χ4v) is 1.85. The average Bonchev–Trinajstić information content (AvgIpc) is 2.40. The summed E-state index contributed by atoms with van der Waals surface area (Å²) < 4.78 is 10.2. The Labute approximate surface area is 112 Å². The summed E-state index contributed by atoms with van der Waals surface area (Å²) in [5, 5.41) is 3.00. The van der Waals surface area contributed by atoms with E-state index >= 15 is 0 Å². The quantitative estimate of drug-likeness (QED) is 0.750. The molecule has 1 unspecified atom stereocenters. The molecule has 2 fully saturated rings. The van der Waals surface area contributed by atoms with Crippen LogP contribution < -0.4 is 5.32 Å². The first-order chi connectivity index (χ1) is 9.20. The van der Waals surface area contributed by atoms with Crippen LogP contribution in [0.2, 0.25) is 0 Å². The number of carbonyl (C=O) groups excluding carboxylic acids is 2. The van der Waals surface area contributed by atoms with Crippen molar-refractivity contribution in [3.05, 3.63) is 12.7 Å². The SMILES string of the molecule is C=CCOC(=O)N1CCN(C(=O)OC2CCN2)CC1. The van der Waals surface area contributed by atoms with Crippen molar-refractivity contribution in [2.24, 2.45) is 0 Å². The van der Waals surface area contributed by atoms with Gasteiger partial charge in [0.2, 0.25) is 0 Å². The number of carbonyl (C=O) groups is 2. The molecule has 106 valence electrons. The van der Waals surface area contributed by atoms with E-state index in [4.69, 9.17) is 9.47 Å². The third-order valence-corrected chi connectivity index (χ3v) is 3.14. The molecule has 0 saturated carbocycles. The van der Waals surface area contributed by atoms with Crippen LogP contribution in [0.3, 0.4) is 0 Å². The van der Waals surface area contributed by atoms with E-state index in [1.54, 1.807) is 9.80 Å². The molecule has 0 spiro atoms. The van der Waals surface area contributed by atoms with Crippen molar-refractivity contribution in [3.8, 4) is 0 Å². The predicted molar refractivity (Wildman–Crippen MR) is 67.6 cm³/mol. The Morgan fingerprint density at radius 2 is 1.79 bits per heavy atom. The molecule has 0 aromatic rings. The van der Waals surface area contributed by atoms with Gasteiger partial charge in [0.05, 0.1) is 0 Å². The van der Waals surface area contributed by atoms with E-state index in [9.17, 15) is 9.59 Å². The second-order valence-electron chi connectivity index (χ2n) is 4.45. The summed E-state index contributed by atoms with van der Waals surface area (Å²) in [6, 6.07) is 0. The van der Waals surface area contributed by atoms with E-state index in [-0.39, 0.29) is 25.0 Å². The molecule has 0 aliphatic carbocycles. The van der Waals surface area contributed by atoms with E-state index in [0.717, 1.165) is 13.0 Å². The Morgan fingerprint density at radius 3 is 2.26 bits per heavy atom. The summed E-state index contributed by atoms with van der Waals surface area (Å²) in [6.07, 6.45) is 1.55. The van der Waals surface area contributed by atoms with Crippen LogP contribution in [0.15, 0.2) is 12.7 Å². The van der Waals surface area contributed by atoms with Crippen molar-refractivity contribution in [3.63, 3.8) is 0 Å². The number of amides is 2. The van der Waals surface area contributed by atoms with Crippen molar-refractivity contribution in [2.45, 2.75) is 12.6 Å². The summed E-state index contributed by atoms with van der Waals surface area (Å²) in [6.45, 7) is 6.43. The Hall–Kier alpha value is -1.76. The van der Waals surface area contributed by atoms with Crippen LogP contribution in [-0.4, -0.2) is 67.5 Å². The van der Waals surface area contributed by atoms with Gasteiger partial charge < -0.3 is 19.3 Å². The van der Waals surface area contributed by atoms with Crippen LogP contribution in [0.25, 0.3) is 0 Å². The largest absolute Gasteiger partial charge is 0.445 e. The van der Waals surface area contributed by atoms with E-state index in [1.807, 2.05) is 0 Å². The number of hydrogen-bond donors (Lipinski definition) is 1. The second-order valence-corrected chi connectivity index (χ2v) is 4.45. The first-order valence-electron chi connectivity index (χ1n) is 6.42. The van der Waals surface area contributed by atoms with Gasteiger partial charge in [-0.25, -0.2) is 9.59 Å². The molecule has 7 heteroatoms. The predicted octanol–water partition coefficient (Wildman–Crippen LogP) is 0.383. The third kappa shape index (κ3) is 3.60. The Kier molecular flexibility index (Phi) is 4.62. The van der Waals surface area contributed by atoms with Gasteiger partial charge in [0.15, 0.2) is 6.23 Å². The molecular formula is C12H19N3O4. The standard InChI is InChI=1S/C12H19N3O4/c1-2-9-18-11(16)14-5-7-15(8-6-14)12(17)19-10-3-4-13-10/h2,10,13H,1,3-9H2. The highest BCUT2D eigenvalue weighted by atomic mass is 16.6. The minimum atomic E-state index is -0.367. The normalized spacial score (nSPS) is 22.4. The Bertz CT molecular complexity index is 349. The first kappa shape index (κ1) is 13.7. The monoisotopic (exact) mass is 269 g/mol. The zero-order valence-electron chi connectivity index (χ0n) is 10.8. The van der Waals surface area contributed by atoms with Crippen molar-refractivity contribution in [1.82, 2.24) is 15.1 Å². The number of hydrogen-bond acceptors (Lipinski definition) is 5. The summed E-state index contributed by atoms with van der Waals surface area (Å²) in [7, 11) is 0. The van der Waals surface area contributed by atoms with Gasteiger partial charge in [0, 0.05) is 39.1 Å². The van der Waals surface area contributed by atoms with Gasteiger partial charge in [-0.15, -0.1) is 0 Å².